The monoisotopic (exact) mass is 296 g/mol. The fraction of sp³-hybridized carbons (Fsp3) is 0.733. The van der Waals surface area contributed by atoms with E-state index < -0.39 is 5.60 Å². The SMILES string of the molecule is C/C(N)=C/C=NCCN1CCN(C(=O)OC(C)(C)C)CC1. The Morgan fingerprint density at radius 1 is 1.29 bits per heavy atom. The summed E-state index contributed by atoms with van der Waals surface area (Å²) in [6, 6.07) is 0. The molecule has 0 spiro atoms. The van der Waals surface area contributed by atoms with Gasteiger partial charge in [-0.05, 0) is 33.8 Å². The van der Waals surface area contributed by atoms with Crippen LogP contribution >= 0.6 is 0 Å². The maximum Gasteiger partial charge on any atom is 0.410 e. The highest BCUT2D eigenvalue weighted by atomic mass is 16.6. The number of rotatable bonds is 4. The van der Waals surface area contributed by atoms with Crippen molar-refractivity contribution in [2.24, 2.45) is 10.7 Å². The molecular formula is C15H28N4O2. The largest absolute Gasteiger partial charge is 0.444 e. The van der Waals surface area contributed by atoms with Crippen LogP contribution in [0.3, 0.4) is 0 Å². The van der Waals surface area contributed by atoms with Gasteiger partial charge in [0.1, 0.15) is 5.60 Å². The normalized spacial score (nSPS) is 18.3. The smallest absolute Gasteiger partial charge is 0.410 e. The second-order valence-corrected chi connectivity index (χ2v) is 6.27. The number of hydrogen-bond donors (Lipinski definition) is 1. The van der Waals surface area contributed by atoms with E-state index in [1.54, 1.807) is 17.2 Å². The van der Waals surface area contributed by atoms with Gasteiger partial charge in [0, 0.05) is 44.6 Å². The van der Waals surface area contributed by atoms with Gasteiger partial charge in [-0.15, -0.1) is 0 Å². The molecule has 1 heterocycles. The summed E-state index contributed by atoms with van der Waals surface area (Å²) in [6.45, 7) is 12.3. The zero-order chi connectivity index (χ0) is 15.9. The number of hydrogen-bond acceptors (Lipinski definition) is 5. The summed E-state index contributed by atoms with van der Waals surface area (Å²) in [5.41, 5.74) is 5.84. The van der Waals surface area contributed by atoms with E-state index in [0.29, 0.717) is 13.1 Å². The summed E-state index contributed by atoms with van der Waals surface area (Å²) < 4.78 is 5.37. The van der Waals surface area contributed by atoms with E-state index in [2.05, 4.69) is 9.89 Å². The summed E-state index contributed by atoms with van der Waals surface area (Å²) >= 11 is 0. The fourth-order valence-electron chi connectivity index (χ4n) is 1.92. The minimum absolute atomic E-state index is 0.219. The maximum absolute atomic E-state index is 11.9. The lowest BCUT2D eigenvalue weighted by atomic mass is 10.2. The Kier molecular flexibility index (Phi) is 6.68. The second-order valence-electron chi connectivity index (χ2n) is 6.27. The Morgan fingerprint density at radius 3 is 2.43 bits per heavy atom. The summed E-state index contributed by atoms with van der Waals surface area (Å²) in [6.07, 6.45) is 3.32. The molecule has 1 fully saturated rings. The predicted octanol–water partition coefficient (Wildman–Crippen LogP) is 1.47. The number of amides is 1. The van der Waals surface area contributed by atoms with E-state index in [1.807, 2.05) is 27.7 Å². The first-order chi connectivity index (χ1) is 9.78. The van der Waals surface area contributed by atoms with Gasteiger partial charge in [-0.2, -0.15) is 0 Å². The van der Waals surface area contributed by atoms with Crippen molar-refractivity contribution >= 4 is 12.3 Å². The number of piperazine rings is 1. The molecule has 6 nitrogen and oxygen atoms in total. The molecule has 1 aliphatic heterocycles. The van der Waals surface area contributed by atoms with Crippen LogP contribution in [-0.4, -0.2) is 67.0 Å². The van der Waals surface area contributed by atoms with E-state index >= 15 is 0 Å². The molecule has 0 bridgehead atoms. The van der Waals surface area contributed by atoms with Crippen molar-refractivity contribution in [3.05, 3.63) is 11.8 Å². The van der Waals surface area contributed by atoms with Crippen LogP contribution < -0.4 is 5.73 Å². The molecule has 0 aromatic carbocycles. The van der Waals surface area contributed by atoms with Crippen LogP contribution in [0.25, 0.3) is 0 Å². The highest BCUT2D eigenvalue weighted by Gasteiger charge is 2.25. The predicted molar refractivity (Wildman–Crippen MR) is 85.6 cm³/mol. The average Bonchev–Trinajstić information content (AvgIpc) is 2.36. The van der Waals surface area contributed by atoms with Gasteiger partial charge in [0.25, 0.3) is 0 Å². The molecule has 1 saturated heterocycles. The standard InChI is InChI=1S/C15H28N4O2/c1-13(16)5-6-17-7-8-18-9-11-19(12-10-18)14(20)21-15(2,3)4/h5-6H,7-12,16H2,1-4H3/b13-5-,17-6?. The molecule has 0 atom stereocenters. The van der Waals surface area contributed by atoms with Crippen LogP contribution in [0.2, 0.25) is 0 Å². The van der Waals surface area contributed by atoms with Crippen LogP contribution in [-0.2, 0) is 4.74 Å². The Morgan fingerprint density at radius 2 is 1.90 bits per heavy atom. The van der Waals surface area contributed by atoms with E-state index in [1.165, 1.54) is 0 Å². The summed E-state index contributed by atoms with van der Waals surface area (Å²) in [5.74, 6) is 0. The van der Waals surface area contributed by atoms with Gasteiger partial charge in [0.05, 0.1) is 6.54 Å². The highest BCUT2D eigenvalue weighted by molar-refractivity contribution is 5.71. The topological polar surface area (TPSA) is 71.2 Å². The minimum Gasteiger partial charge on any atom is -0.444 e. The van der Waals surface area contributed by atoms with Crippen molar-refractivity contribution in [2.45, 2.75) is 33.3 Å². The molecule has 0 aromatic rings. The number of ether oxygens (including phenoxy) is 1. The van der Waals surface area contributed by atoms with Crippen LogP contribution in [0.4, 0.5) is 4.79 Å². The number of carbonyl (C=O) groups is 1. The third-order valence-electron chi connectivity index (χ3n) is 3.01. The molecule has 1 aliphatic rings. The molecule has 0 unspecified atom stereocenters. The number of allylic oxidation sites excluding steroid dienone is 2. The third-order valence-corrected chi connectivity index (χ3v) is 3.01. The van der Waals surface area contributed by atoms with Crippen molar-refractivity contribution in [1.82, 2.24) is 9.80 Å². The molecule has 120 valence electrons. The summed E-state index contributed by atoms with van der Waals surface area (Å²) in [5, 5.41) is 0. The van der Waals surface area contributed by atoms with Crippen LogP contribution in [0.1, 0.15) is 27.7 Å². The number of nitrogens with two attached hydrogens (primary N) is 1. The third kappa shape index (κ3) is 7.70. The summed E-state index contributed by atoms with van der Waals surface area (Å²) in [7, 11) is 0. The highest BCUT2D eigenvalue weighted by Crippen LogP contribution is 2.11. The van der Waals surface area contributed by atoms with Gasteiger partial charge in [0.15, 0.2) is 0 Å². The first-order valence-electron chi connectivity index (χ1n) is 7.40. The van der Waals surface area contributed by atoms with Gasteiger partial charge in [-0.25, -0.2) is 4.79 Å². The van der Waals surface area contributed by atoms with Gasteiger partial charge in [-0.1, -0.05) is 0 Å². The van der Waals surface area contributed by atoms with Crippen molar-refractivity contribution < 1.29 is 9.53 Å². The lowest BCUT2D eigenvalue weighted by molar-refractivity contribution is 0.0148. The maximum atomic E-state index is 11.9. The van der Waals surface area contributed by atoms with E-state index in [-0.39, 0.29) is 6.09 Å². The second kappa shape index (κ2) is 8.02. The zero-order valence-electron chi connectivity index (χ0n) is 13.6. The van der Waals surface area contributed by atoms with Crippen LogP contribution in [0, 0.1) is 0 Å². The van der Waals surface area contributed by atoms with Crippen LogP contribution in [0.15, 0.2) is 16.8 Å². The van der Waals surface area contributed by atoms with Crippen molar-refractivity contribution in [2.75, 3.05) is 39.3 Å². The van der Waals surface area contributed by atoms with Gasteiger partial charge in [0.2, 0.25) is 0 Å². The Hall–Kier alpha value is -1.56. The lowest BCUT2D eigenvalue weighted by Gasteiger charge is -2.35. The molecule has 1 rings (SSSR count). The molecule has 1 amide bonds. The van der Waals surface area contributed by atoms with Gasteiger partial charge >= 0.3 is 6.09 Å². The number of carbonyl (C=O) groups excluding carboxylic acids is 1. The first kappa shape index (κ1) is 17.5. The molecular weight excluding hydrogens is 268 g/mol. The zero-order valence-corrected chi connectivity index (χ0v) is 13.6. The lowest BCUT2D eigenvalue weighted by Crippen LogP contribution is -2.50. The van der Waals surface area contributed by atoms with E-state index in [4.69, 9.17) is 10.5 Å². The van der Waals surface area contributed by atoms with Crippen molar-refractivity contribution in [1.29, 1.82) is 0 Å². The average molecular weight is 296 g/mol. The van der Waals surface area contributed by atoms with Crippen molar-refractivity contribution in [3.63, 3.8) is 0 Å². The molecule has 6 heteroatoms. The number of aliphatic imine (C=N–C) groups is 1. The Bertz CT molecular complexity index is 387. The molecule has 21 heavy (non-hydrogen) atoms. The Labute approximate surface area is 127 Å². The molecule has 2 N–H and O–H groups in total. The number of nitrogens with zero attached hydrogens (tertiary/aromatic N) is 3. The van der Waals surface area contributed by atoms with E-state index in [9.17, 15) is 4.79 Å². The fourth-order valence-corrected chi connectivity index (χ4v) is 1.92. The molecule has 0 saturated carbocycles. The van der Waals surface area contributed by atoms with Gasteiger partial charge in [-0.3, -0.25) is 9.89 Å². The molecule has 0 aliphatic carbocycles. The van der Waals surface area contributed by atoms with Crippen molar-refractivity contribution in [3.8, 4) is 0 Å². The van der Waals surface area contributed by atoms with Gasteiger partial charge < -0.3 is 15.4 Å². The molecule has 0 radical (unpaired) electrons. The quantitative estimate of drug-likeness (QED) is 0.798. The summed E-state index contributed by atoms with van der Waals surface area (Å²) in [4.78, 5) is 20.3. The Balaban J connectivity index is 2.25. The first-order valence-corrected chi connectivity index (χ1v) is 7.40. The molecule has 0 aromatic heterocycles. The van der Waals surface area contributed by atoms with E-state index in [0.717, 1.165) is 31.9 Å². The minimum atomic E-state index is -0.433. The van der Waals surface area contributed by atoms with Crippen LogP contribution in [0.5, 0.6) is 0 Å².